The lowest BCUT2D eigenvalue weighted by Gasteiger charge is -2.10. The van der Waals surface area contributed by atoms with Gasteiger partial charge in [-0.05, 0) is 48.7 Å². The quantitative estimate of drug-likeness (QED) is 0.612. The minimum Gasteiger partial charge on any atom is -0.465 e. The van der Waals surface area contributed by atoms with Crippen LogP contribution in [0.4, 0.5) is 0 Å². The first-order valence-electron chi connectivity index (χ1n) is 7.81. The van der Waals surface area contributed by atoms with E-state index in [1.807, 2.05) is 18.5 Å². The van der Waals surface area contributed by atoms with Crippen LogP contribution >= 0.6 is 23.2 Å². The average molecular weight is 377 g/mol. The molecule has 3 aromatic rings. The van der Waals surface area contributed by atoms with Crippen LogP contribution in [0.5, 0.6) is 0 Å². The Morgan fingerprint density at radius 3 is 2.64 bits per heavy atom. The maximum absolute atomic E-state index is 11.9. The summed E-state index contributed by atoms with van der Waals surface area (Å²) in [6, 6.07) is 7.44. The van der Waals surface area contributed by atoms with Gasteiger partial charge in [0, 0.05) is 18.5 Å². The zero-order chi connectivity index (χ0) is 18.3. The molecule has 0 aliphatic heterocycles. The molecule has 3 rings (SSSR count). The molecule has 6 heteroatoms. The van der Waals surface area contributed by atoms with Crippen molar-refractivity contribution in [2.75, 3.05) is 7.11 Å². The highest BCUT2D eigenvalue weighted by atomic mass is 35.5. The van der Waals surface area contributed by atoms with E-state index < -0.39 is 5.97 Å². The number of nitrogens with zero attached hydrogens (tertiary/aromatic N) is 2. The summed E-state index contributed by atoms with van der Waals surface area (Å²) < 4.78 is 6.81. The number of hydrogen-bond donors (Lipinski definition) is 0. The van der Waals surface area contributed by atoms with Crippen LogP contribution < -0.4 is 0 Å². The predicted molar refractivity (Wildman–Crippen MR) is 101 cm³/mol. The third-order valence-corrected chi connectivity index (χ3v) is 5.13. The van der Waals surface area contributed by atoms with Gasteiger partial charge in [0.25, 0.3) is 0 Å². The summed E-state index contributed by atoms with van der Waals surface area (Å²) in [5.41, 5.74) is 5.29. The van der Waals surface area contributed by atoms with E-state index in [9.17, 15) is 4.79 Å². The normalized spacial score (nSPS) is 11.1. The number of methoxy groups -OCH3 is 1. The maximum atomic E-state index is 11.9. The number of imidazole rings is 1. The molecule has 2 aromatic carbocycles. The Labute approximate surface area is 156 Å². The van der Waals surface area contributed by atoms with Crippen molar-refractivity contribution in [3.05, 3.63) is 62.4 Å². The third-order valence-electron chi connectivity index (χ3n) is 4.34. The molecule has 0 aliphatic carbocycles. The SMILES string of the molecule is COC(=O)c1ccc(Cl)c(Cc2nc3c(C)cc(C)cc3n2C)c1Cl. The lowest BCUT2D eigenvalue weighted by Crippen LogP contribution is -2.06. The first-order chi connectivity index (χ1) is 11.8. The topological polar surface area (TPSA) is 44.1 Å². The van der Waals surface area contributed by atoms with Crippen molar-refractivity contribution in [3.63, 3.8) is 0 Å². The summed E-state index contributed by atoms with van der Waals surface area (Å²) in [7, 11) is 3.29. The van der Waals surface area contributed by atoms with Gasteiger partial charge in [-0.25, -0.2) is 9.78 Å². The zero-order valence-electron chi connectivity index (χ0n) is 14.5. The molecule has 0 N–H and O–H groups in total. The van der Waals surface area contributed by atoms with Crippen LogP contribution in [0.2, 0.25) is 10.0 Å². The Hall–Kier alpha value is -2.04. The van der Waals surface area contributed by atoms with Crippen LogP contribution in [-0.2, 0) is 18.2 Å². The maximum Gasteiger partial charge on any atom is 0.339 e. The lowest BCUT2D eigenvalue weighted by atomic mass is 10.1. The van der Waals surface area contributed by atoms with E-state index in [2.05, 4.69) is 19.1 Å². The molecule has 0 amide bonds. The number of esters is 1. The standard InChI is InChI=1S/C19H18Cl2N2O2/c1-10-7-11(2)18-15(8-10)23(3)16(22-18)9-13-14(20)6-5-12(17(13)21)19(24)25-4/h5-8H,9H2,1-4H3. The highest BCUT2D eigenvalue weighted by molar-refractivity contribution is 6.38. The summed E-state index contributed by atoms with van der Waals surface area (Å²) in [5.74, 6) is 0.342. The molecule has 25 heavy (non-hydrogen) atoms. The number of fused-ring (bicyclic) bond motifs is 1. The minimum atomic E-state index is -0.487. The van der Waals surface area contributed by atoms with E-state index in [0.717, 1.165) is 22.4 Å². The molecule has 130 valence electrons. The van der Waals surface area contributed by atoms with Crippen LogP contribution in [0.1, 0.15) is 32.9 Å². The second kappa shape index (κ2) is 6.70. The van der Waals surface area contributed by atoms with Gasteiger partial charge in [0.05, 0.1) is 28.7 Å². The molecule has 0 saturated heterocycles. The number of hydrogen-bond acceptors (Lipinski definition) is 3. The summed E-state index contributed by atoms with van der Waals surface area (Å²) in [4.78, 5) is 16.6. The molecule has 4 nitrogen and oxygen atoms in total. The Kier molecular flexibility index (Phi) is 4.76. The number of benzene rings is 2. The number of halogens is 2. The van der Waals surface area contributed by atoms with E-state index in [0.29, 0.717) is 27.6 Å². The fourth-order valence-electron chi connectivity index (χ4n) is 3.03. The number of carbonyl (C=O) groups excluding carboxylic acids is 1. The molecular weight excluding hydrogens is 359 g/mol. The summed E-state index contributed by atoms with van der Waals surface area (Å²) in [6.45, 7) is 4.11. The predicted octanol–water partition coefficient (Wildman–Crippen LogP) is 4.87. The van der Waals surface area contributed by atoms with Crippen molar-refractivity contribution < 1.29 is 9.53 Å². The number of ether oxygens (including phenoxy) is 1. The molecule has 0 unspecified atom stereocenters. The fraction of sp³-hybridized carbons (Fsp3) is 0.263. The van der Waals surface area contributed by atoms with Crippen molar-refractivity contribution in [3.8, 4) is 0 Å². The molecule has 1 aromatic heterocycles. The lowest BCUT2D eigenvalue weighted by molar-refractivity contribution is 0.0601. The molecule has 0 saturated carbocycles. The van der Waals surface area contributed by atoms with E-state index in [4.69, 9.17) is 32.9 Å². The smallest absolute Gasteiger partial charge is 0.339 e. The van der Waals surface area contributed by atoms with Crippen molar-refractivity contribution in [2.24, 2.45) is 7.05 Å². The second-order valence-electron chi connectivity index (χ2n) is 6.09. The molecule has 1 heterocycles. The Morgan fingerprint density at radius 1 is 1.24 bits per heavy atom. The van der Waals surface area contributed by atoms with Gasteiger partial charge in [-0.1, -0.05) is 29.3 Å². The van der Waals surface area contributed by atoms with Crippen LogP contribution in [0.3, 0.4) is 0 Å². The molecule has 0 bridgehead atoms. The number of carbonyl (C=O) groups is 1. The minimum absolute atomic E-state index is 0.300. The molecule has 0 atom stereocenters. The van der Waals surface area contributed by atoms with Crippen molar-refractivity contribution >= 4 is 40.2 Å². The van der Waals surface area contributed by atoms with E-state index >= 15 is 0 Å². The fourth-order valence-corrected chi connectivity index (χ4v) is 3.61. The van der Waals surface area contributed by atoms with Crippen molar-refractivity contribution in [2.45, 2.75) is 20.3 Å². The first kappa shape index (κ1) is 17.8. The Bertz CT molecular complexity index is 993. The highest BCUT2D eigenvalue weighted by Crippen LogP contribution is 2.31. The third kappa shape index (κ3) is 3.12. The Morgan fingerprint density at radius 2 is 1.96 bits per heavy atom. The number of rotatable bonds is 3. The van der Waals surface area contributed by atoms with Gasteiger partial charge in [-0.2, -0.15) is 0 Å². The van der Waals surface area contributed by atoms with Crippen LogP contribution in [0.15, 0.2) is 24.3 Å². The van der Waals surface area contributed by atoms with Crippen LogP contribution in [0.25, 0.3) is 11.0 Å². The summed E-state index contributed by atoms with van der Waals surface area (Å²) in [5, 5.41) is 0.803. The second-order valence-corrected chi connectivity index (χ2v) is 6.88. The van der Waals surface area contributed by atoms with E-state index in [1.54, 1.807) is 12.1 Å². The van der Waals surface area contributed by atoms with Crippen molar-refractivity contribution in [1.29, 1.82) is 0 Å². The summed E-state index contributed by atoms with van der Waals surface area (Å²) in [6.07, 6.45) is 0.423. The highest BCUT2D eigenvalue weighted by Gasteiger charge is 2.19. The largest absolute Gasteiger partial charge is 0.465 e. The monoisotopic (exact) mass is 376 g/mol. The van der Waals surface area contributed by atoms with Gasteiger partial charge in [0.2, 0.25) is 0 Å². The molecule has 0 spiro atoms. The first-order valence-corrected chi connectivity index (χ1v) is 8.56. The van der Waals surface area contributed by atoms with Crippen LogP contribution in [-0.4, -0.2) is 22.6 Å². The molecular formula is C19H18Cl2N2O2. The van der Waals surface area contributed by atoms with E-state index in [1.165, 1.54) is 12.7 Å². The van der Waals surface area contributed by atoms with Crippen molar-refractivity contribution in [1.82, 2.24) is 9.55 Å². The molecule has 0 fully saturated rings. The zero-order valence-corrected chi connectivity index (χ0v) is 16.0. The summed E-state index contributed by atoms with van der Waals surface area (Å²) >= 11 is 12.8. The average Bonchev–Trinajstić information content (AvgIpc) is 2.88. The molecule has 0 aliphatic rings. The Balaban J connectivity index is 2.12. The van der Waals surface area contributed by atoms with Gasteiger partial charge >= 0.3 is 5.97 Å². The number of aryl methyl sites for hydroxylation is 3. The van der Waals surface area contributed by atoms with Gasteiger partial charge in [-0.3, -0.25) is 0 Å². The number of aromatic nitrogens is 2. The van der Waals surface area contributed by atoms with Gasteiger partial charge in [0.1, 0.15) is 5.82 Å². The van der Waals surface area contributed by atoms with Gasteiger partial charge < -0.3 is 9.30 Å². The molecule has 0 radical (unpaired) electrons. The van der Waals surface area contributed by atoms with Crippen LogP contribution in [0, 0.1) is 13.8 Å². The van der Waals surface area contributed by atoms with Gasteiger partial charge in [0.15, 0.2) is 0 Å². The van der Waals surface area contributed by atoms with E-state index in [-0.39, 0.29) is 0 Å². The van der Waals surface area contributed by atoms with Gasteiger partial charge in [-0.15, -0.1) is 0 Å².